The highest BCUT2D eigenvalue weighted by Crippen LogP contribution is 2.37. The molecule has 3 heteroatoms. The Morgan fingerprint density at radius 2 is 1.93 bits per heavy atom. The second kappa shape index (κ2) is 3.19. The van der Waals surface area contributed by atoms with Gasteiger partial charge in [-0.15, -0.1) is 4.58 Å². The number of benzene rings is 1. The van der Waals surface area contributed by atoms with Crippen molar-refractivity contribution in [3.63, 3.8) is 0 Å². The molecular weight excluding hydrogens is 190 g/mol. The summed E-state index contributed by atoms with van der Waals surface area (Å²) < 4.78 is 6.65. The second-order valence-electron chi connectivity index (χ2n) is 4.25. The molecule has 1 amide bonds. The van der Waals surface area contributed by atoms with Crippen LogP contribution in [0.2, 0.25) is 0 Å². The third kappa shape index (κ3) is 1.54. The van der Waals surface area contributed by atoms with E-state index in [1.54, 1.807) is 0 Å². The predicted molar refractivity (Wildman–Crippen MR) is 57.1 cm³/mol. The Morgan fingerprint density at radius 1 is 1.33 bits per heavy atom. The van der Waals surface area contributed by atoms with Crippen LogP contribution in [-0.2, 0) is 4.74 Å². The summed E-state index contributed by atoms with van der Waals surface area (Å²) in [5.74, 6) is 0. The first-order valence-electron chi connectivity index (χ1n) is 4.90. The van der Waals surface area contributed by atoms with E-state index in [1.807, 2.05) is 44.2 Å². The normalized spacial score (nSPS) is 24.0. The third-order valence-electron chi connectivity index (χ3n) is 2.67. The summed E-state index contributed by atoms with van der Waals surface area (Å²) >= 11 is 0. The molecule has 1 aliphatic rings. The molecule has 0 saturated carbocycles. The number of ether oxygens (including phenoxy) is 1. The van der Waals surface area contributed by atoms with E-state index in [-0.39, 0.29) is 12.1 Å². The average molecular weight is 204 g/mol. The lowest BCUT2D eigenvalue weighted by Crippen LogP contribution is -2.28. The Morgan fingerprint density at radius 3 is 2.40 bits per heavy atom. The molecule has 1 aliphatic heterocycles. The minimum atomic E-state index is -0.528. The van der Waals surface area contributed by atoms with Crippen LogP contribution < -0.4 is 0 Å². The molecule has 1 aromatic rings. The van der Waals surface area contributed by atoms with E-state index in [0.29, 0.717) is 0 Å². The Bertz CT molecular complexity index is 409. The highest BCUT2D eigenvalue weighted by Gasteiger charge is 2.53. The molecule has 1 atom stereocenters. The summed E-state index contributed by atoms with van der Waals surface area (Å²) in [6.07, 6.45) is -0.367. The third-order valence-corrected chi connectivity index (χ3v) is 2.67. The molecule has 1 fully saturated rings. The van der Waals surface area contributed by atoms with Crippen LogP contribution in [0.25, 0.3) is 0 Å². The van der Waals surface area contributed by atoms with E-state index in [2.05, 4.69) is 6.72 Å². The van der Waals surface area contributed by atoms with Gasteiger partial charge >= 0.3 is 6.09 Å². The van der Waals surface area contributed by atoms with Gasteiger partial charge in [0.15, 0.2) is 5.60 Å². The SMILES string of the molecule is C=[N+]1C(=O)OC(C)(C)C1c1ccccc1. The van der Waals surface area contributed by atoms with Gasteiger partial charge in [0.1, 0.15) is 6.72 Å². The van der Waals surface area contributed by atoms with Crippen LogP contribution in [0.4, 0.5) is 4.79 Å². The van der Waals surface area contributed by atoms with Gasteiger partial charge < -0.3 is 4.74 Å². The van der Waals surface area contributed by atoms with Crippen LogP contribution in [0.1, 0.15) is 25.5 Å². The highest BCUT2D eigenvalue weighted by atomic mass is 16.6. The van der Waals surface area contributed by atoms with E-state index in [0.717, 1.165) is 5.56 Å². The number of hydrogen-bond donors (Lipinski definition) is 0. The first-order chi connectivity index (χ1) is 7.02. The molecule has 1 heterocycles. The van der Waals surface area contributed by atoms with Crippen molar-refractivity contribution < 1.29 is 14.1 Å². The van der Waals surface area contributed by atoms with E-state index in [9.17, 15) is 4.79 Å². The van der Waals surface area contributed by atoms with E-state index in [4.69, 9.17) is 4.74 Å². The van der Waals surface area contributed by atoms with Crippen LogP contribution in [0.5, 0.6) is 0 Å². The van der Waals surface area contributed by atoms with Crippen LogP contribution in [0.15, 0.2) is 30.3 Å². The van der Waals surface area contributed by atoms with Gasteiger partial charge in [-0.25, -0.2) is 0 Å². The highest BCUT2D eigenvalue weighted by molar-refractivity contribution is 5.63. The molecule has 2 rings (SSSR count). The number of carbonyl (C=O) groups is 1. The van der Waals surface area contributed by atoms with Crippen molar-refractivity contribution in [3.05, 3.63) is 35.9 Å². The molecule has 1 unspecified atom stereocenters. The lowest BCUT2D eigenvalue weighted by Gasteiger charge is -2.18. The zero-order chi connectivity index (χ0) is 11.1. The number of nitrogens with zero attached hydrogens (tertiary/aromatic N) is 1. The minimum absolute atomic E-state index is 0.119. The van der Waals surface area contributed by atoms with E-state index in [1.165, 1.54) is 4.58 Å². The number of hydrogen-bond acceptors (Lipinski definition) is 2. The van der Waals surface area contributed by atoms with Crippen molar-refractivity contribution in [3.8, 4) is 0 Å². The smallest absolute Gasteiger partial charge is 0.398 e. The zero-order valence-electron chi connectivity index (χ0n) is 8.93. The molecule has 1 aromatic carbocycles. The Kier molecular flexibility index (Phi) is 2.11. The summed E-state index contributed by atoms with van der Waals surface area (Å²) in [5.41, 5.74) is 0.517. The molecular formula is C12H14NO2+. The summed E-state index contributed by atoms with van der Waals surface area (Å²) in [4.78, 5) is 11.4. The molecule has 78 valence electrons. The van der Waals surface area contributed by atoms with Crippen molar-refractivity contribution in [2.75, 3.05) is 0 Å². The topological polar surface area (TPSA) is 29.3 Å². The summed E-state index contributed by atoms with van der Waals surface area (Å²) in [6.45, 7) is 7.52. The van der Waals surface area contributed by atoms with E-state index >= 15 is 0 Å². The molecule has 0 aliphatic carbocycles. The number of carbonyl (C=O) groups excluding carboxylic acids is 1. The minimum Gasteiger partial charge on any atom is -0.398 e. The lowest BCUT2D eigenvalue weighted by molar-refractivity contribution is -0.459. The largest absolute Gasteiger partial charge is 0.597 e. The number of rotatable bonds is 1. The van der Waals surface area contributed by atoms with Crippen molar-refractivity contribution in [1.82, 2.24) is 0 Å². The maximum Gasteiger partial charge on any atom is 0.597 e. The maximum absolute atomic E-state index is 11.4. The fourth-order valence-electron chi connectivity index (χ4n) is 2.04. The van der Waals surface area contributed by atoms with Crippen molar-refractivity contribution in [2.45, 2.75) is 25.5 Å². The Balaban J connectivity index is 2.45. The maximum atomic E-state index is 11.4. The van der Waals surface area contributed by atoms with Gasteiger partial charge in [-0.05, 0) is 13.8 Å². The fourth-order valence-corrected chi connectivity index (χ4v) is 2.04. The van der Waals surface area contributed by atoms with Gasteiger partial charge in [0, 0.05) is 5.56 Å². The van der Waals surface area contributed by atoms with Gasteiger partial charge in [-0.2, -0.15) is 4.79 Å². The van der Waals surface area contributed by atoms with Crippen LogP contribution in [0, 0.1) is 0 Å². The van der Waals surface area contributed by atoms with Gasteiger partial charge in [0.2, 0.25) is 6.04 Å². The Labute approximate surface area is 89.0 Å². The fraction of sp³-hybridized carbons (Fsp3) is 0.333. The first-order valence-corrected chi connectivity index (χ1v) is 4.90. The Hall–Kier alpha value is -1.64. The molecule has 3 nitrogen and oxygen atoms in total. The van der Waals surface area contributed by atoms with Crippen LogP contribution >= 0.6 is 0 Å². The summed E-state index contributed by atoms with van der Waals surface area (Å²) in [6, 6.07) is 9.68. The monoisotopic (exact) mass is 204 g/mol. The van der Waals surface area contributed by atoms with Gasteiger partial charge in [-0.1, -0.05) is 30.3 Å². The molecule has 0 N–H and O–H groups in total. The molecule has 0 radical (unpaired) electrons. The lowest BCUT2D eigenvalue weighted by atomic mass is 9.92. The predicted octanol–water partition coefficient (Wildman–Crippen LogP) is 2.37. The summed E-state index contributed by atoms with van der Waals surface area (Å²) in [5, 5.41) is 0. The molecule has 0 bridgehead atoms. The van der Waals surface area contributed by atoms with Crippen LogP contribution in [0.3, 0.4) is 0 Å². The van der Waals surface area contributed by atoms with Crippen molar-refractivity contribution in [2.24, 2.45) is 0 Å². The van der Waals surface area contributed by atoms with Gasteiger partial charge in [-0.3, -0.25) is 0 Å². The van der Waals surface area contributed by atoms with Crippen molar-refractivity contribution in [1.29, 1.82) is 0 Å². The number of cyclic esters (lactones) is 1. The average Bonchev–Trinajstić information content (AvgIpc) is 2.37. The molecule has 0 aromatic heterocycles. The summed E-state index contributed by atoms with van der Waals surface area (Å²) in [7, 11) is 0. The number of amides is 1. The standard InChI is InChI=1S/C12H14NO2/c1-12(2)10(13(3)11(14)15-12)9-7-5-4-6-8-9/h4-8,10H,3H2,1-2H3/q+1. The molecule has 15 heavy (non-hydrogen) atoms. The quantitative estimate of drug-likeness (QED) is 0.657. The van der Waals surface area contributed by atoms with Gasteiger partial charge in [0.05, 0.1) is 0 Å². The molecule has 1 saturated heterocycles. The van der Waals surface area contributed by atoms with Gasteiger partial charge in [0.25, 0.3) is 0 Å². The van der Waals surface area contributed by atoms with Crippen LogP contribution in [-0.4, -0.2) is 23.0 Å². The second-order valence-corrected chi connectivity index (χ2v) is 4.25. The van der Waals surface area contributed by atoms with Crippen molar-refractivity contribution >= 4 is 12.8 Å². The first kappa shape index (κ1) is 9.90. The van der Waals surface area contributed by atoms with E-state index < -0.39 is 5.60 Å². The molecule has 0 spiro atoms. The zero-order valence-corrected chi connectivity index (χ0v) is 8.93.